The van der Waals surface area contributed by atoms with E-state index in [1.807, 2.05) is 13.8 Å². The van der Waals surface area contributed by atoms with Gasteiger partial charge >= 0.3 is 12.0 Å². The van der Waals surface area contributed by atoms with E-state index in [-0.39, 0.29) is 17.7 Å². The molecule has 2 heterocycles. The smallest absolute Gasteiger partial charge is 0.329 e. The van der Waals surface area contributed by atoms with Crippen LogP contribution in [0.25, 0.3) is 0 Å². The Balaban J connectivity index is 2.03. The van der Waals surface area contributed by atoms with Crippen LogP contribution in [0.2, 0.25) is 0 Å². The van der Waals surface area contributed by atoms with Crippen LogP contribution in [0, 0.1) is 0 Å². The molecule has 2 atom stereocenters. The fourth-order valence-corrected chi connectivity index (χ4v) is 3.28. The highest BCUT2D eigenvalue weighted by atomic mass is 16.5. The lowest BCUT2D eigenvalue weighted by Crippen LogP contribution is -2.61. The van der Waals surface area contributed by atoms with Gasteiger partial charge in [-0.1, -0.05) is 0 Å². The number of urea groups is 1. The number of carboxylic acid groups (broad SMARTS) is 1. The predicted molar refractivity (Wildman–Crippen MR) is 78.2 cm³/mol. The molecule has 2 aliphatic rings. The van der Waals surface area contributed by atoms with Crippen LogP contribution in [-0.2, 0) is 9.53 Å². The van der Waals surface area contributed by atoms with Crippen molar-refractivity contribution in [2.24, 2.45) is 0 Å². The Bertz CT molecular complexity index is 424. The van der Waals surface area contributed by atoms with Gasteiger partial charge in [0.25, 0.3) is 0 Å². The molecule has 0 bridgehead atoms. The molecule has 120 valence electrons. The van der Waals surface area contributed by atoms with Crippen molar-refractivity contribution in [2.45, 2.75) is 70.1 Å². The Morgan fingerprint density at radius 2 is 2.00 bits per heavy atom. The number of ether oxygens (including phenoxy) is 1. The molecular formula is C15H26N2O4. The molecule has 0 aromatic heterocycles. The number of carboxylic acids is 1. The van der Waals surface area contributed by atoms with Crippen molar-refractivity contribution in [3.8, 4) is 0 Å². The monoisotopic (exact) mass is 298 g/mol. The molecule has 2 fully saturated rings. The van der Waals surface area contributed by atoms with E-state index in [2.05, 4.69) is 5.32 Å². The highest BCUT2D eigenvalue weighted by Gasteiger charge is 2.44. The van der Waals surface area contributed by atoms with Crippen molar-refractivity contribution < 1.29 is 19.4 Å². The van der Waals surface area contributed by atoms with Crippen molar-refractivity contribution in [1.29, 1.82) is 0 Å². The van der Waals surface area contributed by atoms with Crippen LogP contribution < -0.4 is 5.32 Å². The molecular weight excluding hydrogens is 272 g/mol. The molecule has 6 heteroatoms. The third kappa shape index (κ3) is 3.48. The van der Waals surface area contributed by atoms with Crippen molar-refractivity contribution in [1.82, 2.24) is 10.2 Å². The van der Waals surface area contributed by atoms with Gasteiger partial charge in [-0.25, -0.2) is 9.59 Å². The van der Waals surface area contributed by atoms with E-state index < -0.39 is 11.5 Å². The number of hydrogen-bond acceptors (Lipinski definition) is 3. The molecule has 2 aliphatic heterocycles. The number of nitrogens with zero attached hydrogens (tertiary/aromatic N) is 1. The summed E-state index contributed by atoms with van der Waals surface area (Å²) in [5.74, 6) is -0.926. The highest BCUT2D eigenvalue weighted by Crippen LogP contribution is 2.29. The zero-order valence-corrected chi connectivity index (χ0v) is 13.1. The lowest BCUT2D eigenvalue weighted by Gasteiger charge is -2.43. The van der Waals surface area contributed by atoms with Gasteiger partial charge in [-0.15, -0.1) is 0 Å². The van der Waals surface area contributed by atoms with Crippen molar-refractivity contribution in [3.05, 3.63) is 0 Å². The third-order valence-electron chi connectivity index (χ3n) is 4.62. The molecule has 2 N–H and O–H groups in total. The Morgan fingerprint density at radius 3 is 2.62 bits per heavy atom. The maximum Gasteiger partial charge on any atom is 0.329 e. The lowest BCUT2D eigenvalue weighted by atomic mass is 9.88. The van der Waals surface area contributed by atoms with E-state index in [1.165, 1.54) is 4.90 Å². The second-order valence-corrected chi connectivity index (χ2v) is 6.94. The molecule has 2 rings (SSSR count). The lowest BCUT2D eigenvalue weighted by molar-refractivity contribution is -0.150. The molecule has 6 nitrogen and oxygen atoms in total. The summed E-state index contributed by atoms with van der Waals surface area (Å²) in [5.41, 5.74) is -1.34. The number of piperidine rings is 1. The molecule has 0 radical (unpaired) electrons. The second kappa shape index (κ2) is 5.83. The van der Waals surface area contributed by atoms with Crippen LogP contribution in [0.5, 0.6) is 0 Å². The highest BCUT2D eigenvalue weighted by molar-refractivity contribution is 5.86. The molecule has 2 saturated heterocycles. The summed E-state index contributed by atoms with van der Waals surface area (Å²) in [6, 6.07) is -0.219. The molecule has 2 amide bonds. The van der Waals surface area contributed by atoms with Gasteiger partial charge in [0.1, 0.15) is 5.54 Å². The molecule has 2 unspecified atom stereocenters. The average molecular weight is 298 g/mol. The first-order valence-electron chi connectivity index (χ1n) is 7.70. The summed E-state index contributed by atoms with van der Waals surface area (Å²) >= 11 is 0. The fraction of sp³-hybridized carbons (Fsp3) is 0.867. The number of carbonyl (C=O) groups is 2. The van der Waals surface area contributed by atoms with Crippen LogP contribution in [0.4, 0.5) is 4.79 Å². The maximum absolute atomic E-state index is 12.5. The SMILES string of the molecule is CC1(C)CC(NC(=O)N2CCCCC2(C)C(=O)O)CCO1. The zero-order valence-electron chi connectivity index (χ0n) is 13.1. The van der Waals surface area contributed by atoms with Crippen molar-refractivity contribution in [2.75, 3.05) is 13.2 Å². The van der Waals surface area contributed by atoms with E-state index >= 15 is 0 Å². The summed E-state index contributed by atoms with van der Waals surface area (Å²) in [6.45, 7) is 6.78. The average Bonchev–Trinajstić information content (AvgIpc) is 2.37. The predicted octanol–water partition coefficient (Wildman–Crippen LogP) is 1.98. The number of rotatable bonds is 2. The fourth-order valence-electron chi connectivity index (χ4n) is 3.28. The van der Waals surface area contributed by atoms with Gasteiger partial charge in [0.2, 0.25) is 0 Å². The van der Waals surface area contributed by atoms with Gasteiger partial charge in [0.05, 0.1) is 5.60 Å². The zero-order chi connectivity index (χ0) is 15.7. The minimum atomic E-state index is -1.09. The van der Waals surface area contributed by atoms with Gasteiger partial charge < -0.3 is 20.1 Å². The molecule has 0 aromatic carbocycles. The summed E-state index contributed by atoms with van der Waals surface area (Å²) in [7, 11) is 0. The maximum atomic E-state index is 12.5. The standard InChI is InChI=1S/C15H26N2O4/c1-14(2)10-11(6-9-21-14)16-13(20)17-8-5-4-7-15(17,3)12(18)19/h11H,4-10H2,1-3H3,(H,16,20)(H,18,19). The number of amides is 2. The summed E-state index contributed by atoms with van der Waals surface area (Å²) in [5, 5.41) is 12.5. The summed E-state index contributed by atoms with van der Waals surface area (Å²) < 4.78 is 5.64. The van der Waals surface area contributed by atoms with E-state index in [1.54, 1.807) is 6.92 Å². The summed E-state index contributed by atoms with van der Waals surface area (Å²) in [6.07, 6.45) is 3.73. The largest absolute Gasteiger partial charge is 0.480 e. The first-order valence-corrected chi connectivity index (χ1v) is 7.70. The van der Waals surface area contributed by atoms with Gasteiger partial charge in [-0.3, -0.25) is 0 Å². The number of carbonyl (C=O) groups excluding carboxylic acids is 1. The molecule has 0 aromatic rings. The van der Waals surface area contributed by atoms with Crippen molar-refractivity contribution >= 4 is 12.0 Å². The first-order chi connectivity index (χ1) is 9.74. The third-order valence-corrected chi connectivity index (χ3v) is 4.62. The van der Waals surface area contributed by atoms with Gasteiger partial charge in [0, 0.05) is 19.2 Å². The van der Waals surface area contributed by atoms with E-state index in [0.717, 1.165) is 25.7 Å². The molecule has 0 saturated carbocycles. The van der Waals surface area contributed by atoms with Crippen LogP contribution in [0.15, 0.2) is 0 Å². The normalized spacial score (nSPS) is 32.5. The molecule has 0 aliphatic carbocycles. The Labute approximate surface area is 125 Å². The van der Waals surface area contributed by atoms with Crippen LogP contribution in [0.1, 0.15) is 52.9 Å². The number of nitrogens with one attached hydrogen (secondary N) is 1. The van der Waals surface area contributed by atoms with E-state index in [9.17, 15) is 14.7 Å². The minimum Gasteiger partial charge on any atom is -0.480 e. The van der Waals surface area contributed by atoms with Gasteiger partial charge in [0.15, 0.2) is 0 Å². The Kier molecular flexibility index (Phi) is 4.46. The molecule has 21 heavy (non-hydrogen) atoms. The number of aliphatic carboxylic acids is 1. The number of likely N-dealkylation sites (tertiary alicyclic amines) is 1. The van der Waals surface area contributed by atoms with Crippen molar-refractivity contribution in [3.63, 3.8) is 0 Å². The molecule has 0 spiro atoms. The van der Waals surface area contributed by atoms with Gasteiger partial charge in [-0.2, -0.15) is 0 Å². The van der Waals surface area contributed by atoms with Crippen LogP contribution >= 0.6 is 0 Å². The topological polar surface area (TPSA) is 78.9 Å². The Morgan fingerprint density at radius 1 is 1.29 bits per heavy atom. The summed E-state index contributed by atoms with van der Waals surface area (Å²) in [4.78, 5) is 25.5. The van der Waals surface area contributed by atoms with Crippen LogP contribution in [0.3, 0.4) is 0 Å². The van der Waals surface area contributed by atoms with E-state index in [4.69, 9.17) is 4.74 Å². The number of hydrogen-bond donors (Lipinski definition) is 2. The Hall–Kier alpha value is -1.30. The minimum absolute atomic E-state index is 0.0428. The van der Waals surface area contributed by atoms with Crippen LogP contribution in [-0.4, -0.2) is 52.3 Å². The second-order valence-electron chi connectivity index (χ2n) is 6.94. The first kappa shape index (κ1) is 16.1. The van der Waals surface area contributed by atoms with E-state index in [0.29, 0.717) is 19.6 Å². The quantitative estimate of drug-likeness (QED) is 0.817. The van der Waals surface area contributed by atoms with Gasteiger partial charge in [-0.05, 0) is 52.9 Å².